The molecule has 0 saturated heterocycles. The third-order valence-corrected chi connectivity index (χ3v) is 2.92. The van der Waals surface area contributed by atoms with Crippen LogP contribution in [0.25, 0.3) is 0 Å². The fourth-order valence-corrected chi connectivity index (χ4v) is 2.01. The molecule has 0 saturated carbocycles. The van der Waals surface area contributed by atoms with E-state index >= 15 is 0 Å². The molecule has 1 aromatic carbocycles. The molecular weight excluding hydrogens is 261 g/mol. The lowest BCUT2D eigenvalue weighted by atomic mass is 9.76. The van der Waals surface area contributed by atoms with Crippen LogP contribution in [-0.4, -0.2) is 15.4 Å². The van der Waals surface area contributed by atoms with Crippen LogP contribution in [0.3, 0.4) is 0 Å². The second kappa shape index (κ2) is 4.21. The Morgan fingerprint density at radius 2 is 1.82 bits per heavy atom. The van der Waals surface area contributed by atoms with Gasteiger partial charge in [0.2, 0.25) is 0 Å². The number of rotatable bonds is 3. The molecule has 0 aromatic heterocycles. The van der Waals surface area contributed by atoms with Crippen LogP contribution < -0.4 is 11.2 Å². The first kappa shape index (κ1) is 13.8. The van der Waals surface area contributed by atoms with Crippen LogP contribution in [0.4, 0.5) is 22.5 Å². The molecule has 0 spiro atoms. The maximum absolute atomic E-state index is 12.6. The van der Waals surface area contributed by atoms with Crippen LogP contribution in [0, 0.1) is 6.92 Å². The molecule has 0 radical (unpaired) electrons. The number of halogens is 4. The number of hydrogen-bond donors (Lipinski definition) is 1. The van der Waals surface area contributed by atoms with Crippen molar-refractivity contribution in [2.75, 3.05) is 5.73 Å². The van der Waals surface area contributed by atoms with Crippen LogP contribution in [-0.2, 0) is 16.0 Å². The summed E-state index contributed by atoms with van der Waals surface area (Å²) in [7, 11) is -4.88. The van der Waals surface area contributed by atoms with E-state index in [1.54, 1.807) is 0 Å². The summed E-state index contributed by atoms with van der Waals surface area (Å²) in [6, 6.07) is 1.64. The van der Waals surface area contributed by atoms with Crippen LogP contribution in [0.1, 0.15) is 11.1 Å². The molecule has 1 rings (SSSR count). The molecule has 3 nitrogen and oxygen atoms in total. The first-order valence-corrected chi connectivity index (χ1v) is 6.07. The van der Waals surface area contributed by atoms with Gasteiger partial charge in [-0.15, -0.1) is 9.35 Å². The molecule has 0 aliphatic rings. The monoisotopic (exact) mass is 270 g/mol. The van der Waals surface area contributed by atoms with Gasteiger partial charge in [0.1, 0.15) is 5.75 Å². The van der Waals surface area contributed by atoms with Gasteiger partial charge in [-0.25, -0.2) is 0 Å². The molecule has 0 unspecified atom stereocenters. The third-order valence-electron chi connectivity index (χ3n) is 2.24. The number of nitrogens with two attached hydrogens (primary N) is 1. The van der Waals surface area contributed by atoms with E-state index in [0.717, 1.165) is 6.07 Å². The second-order valence-corrected chi connectivity index (χ2v) is 5.02. The lowest BCUT2D eigenvalue weighted by Gasteiger charge is -2.20. The van der Waals surface area contributed by atoms with E-state index in [0.29, 0.717) is 6.07 Å². The molecule has 0 aliphatic heterocycles. The van der Waals surface area contributed by atoms with Crippen molar-refractivity contribution in [3.8, 4) is 0 Å². The zero-order valence-electron chi connectivity index (χ0n) is 8.75. The van der Waals surface area contributed by atoms with Gasteiger partial charge in [0.15, 0.2) is 0 Å². The summed E-state index contributed by atoms with van der Waals surface area (Å²) < 4.78 is 71.0. The molecule has 96 valence electrons. The summed E-state index contributed by atoms with van der Waals surface area (Å²) in [4.78, 5) is 0. The van der Waals surface area contributed by atoms with Crippen molar-refractivity contribution in [1.29, 1.82) is 0 Å². The van der Waals surface area contributed by atoms with E-state index in [1.165, 1.54) is 6.92 Å². The Hall–Kier alpha value is -1.25. The van der Waals surface area contributed by atoms with E-state index in [1.807, 2.05) is 0 Å². The summed E-state index contributed by atoms with van der Waals surface area (Å²) in [5, 5.41) is 0. The van der Waals surface area contributed by atoms with E-state index in [9.17, 15) is 25.3 Å². The molecule has 0 fully saturated rings. The van der Waals surface area contributed by atoms with Crippen molar-refractivity contribution in [1.82, 2.24) is 0 Å². The molecule has 0 bridgehead atoms. The normalized spacial score (nSPS) is 12.8. The minimum Gasteiger partial charge on any atom is -0.445 e. The summed E-state index contributed by atoms with van der Waals surface area (Å²) in [6.45, 7) is -4.14. The molecule has 0 atom stereocenters. The molecule has 0 aliphatic carbocycles. The molecule has 0 heterocycles. The van der Waals surface area contributed by atoms with Crippen molar-refractivity contribution in [3.05, 3.63) is 23.3 Å². The van der Waals surface area contributed by atoms with Crippen molar-refractivity contribution < 1.29 is 25.3 Å². The SMILES string of the molecule is Cc1c(N)cc(CS(=O)(=O)F)cc1[B-](F)(F)F. The molecule has 0 amide bonds. The predicted octanol–water partition coefficient (Wildman–Crippen LogP) is 1.43. The van der Waals surface area contributed by atoms with Crippen LogP contribution in [0.5, 0.6) is 0 Å². The van der Waals surface area contributed by atoms with Crippen molar-refractivity contribution in [2.45, 2.75) is 12.7 Å². The molecular formula is C8H9BF4NO2S-. The first-order chi connectivity index (χ1) is 7.50. The quantitative estimate of drug-likeness (QED) is 0.391. The Labute approximate surface area is 95.9 Å². The van der Waals surface area contributed by atoms with E-state index < -0.39 is 28.4 Å². The minimum atomic E-state index is -5.31. The Bertz CT molecular complexity index is 541. The molecule has 2 N–H and O–H groups in total. The third kappa shape index (κ3) is 3.62. The van der Waals surface area contributed by atoms with Crippen LogP contribution >= 0.6 is 0 Å². The van der Waals surface area contributed by atoms with Gasteiger partial charge in [0, 0.05) is 5.69 Å². The maximum Gasteiger partial charge on any atom is 0.509 e. The van der Waals surface area contributed by atoms with E-state index in [-0.39, 0.29) is 16.8 Å². The molecule has 1 aromatic rings. The number of benzene rings is 1. The Kier molecular flexibility index (Phi) is 3.42. The fraction of sp³-hybridized carbons (Fsp3) is 0.250. The van der Waals surface area contributed by atoms with E-state index in [4.69, 9.17) is 5.73 Å². The zero-order chi connectivity index (χ0) is 13.4. The Balaban J connectivity index is 3.34. The van der Waals surface area contributed by atoms with Crippen molar-refractivity contribution >= 4 is 28.4 Å². The van der Waals surface area contributed by atoms with Crippen LogP contribution in [0.15, 0.2) is 12.1 Å². The standard InChI is InChI=1S/C8H9BF4NO2S/c1-5-7(9(10,11)12)2-6(3-8(5)14)4-17(13,15)16/h2-3H,4,14H2,1H3/q-1. The summed E-state index contributed by atoms with van der Waals surface area (Å²) >= 11 is 0. The highest BCUT2D eigenvalue weighted by Gasteiger charge is 2.28. The lowest BCUT2D eigenvalue weighted by molar-refractivity contribution is 0.500. The van der Waals surface area contributed by atoms with E-state index in [2.05, 4.69) is 0 Å². The number of hydrogen-bond acceptors (Lipinski definition) is 3. The summed E-state index contributed by atoms with van der Waals surface area (Å²) in [5.74, 6) is -1.11. The Morgan fingerprint density at radius 1 is 1.29 bits per heavy atom. The number of anilines is 1. The van der Waals surface area contributed by atoms with Crippen molar-refractivity contribution in [3.63, 3.8) is 0 Å². The van der Waals surface area contributed by atoms with Gasteiger partial charge >= 0.3 is 17.2 Å². The molecule has 17 heavy (non-hydrogen) atoms. The maximum atomic E-state index is 12.6. The zero-order valence-corrected chi connectivity index (χ0v) is 9.57. The number of nitrogen functional groups attached to an aromatic ring is 1. The first-order valence-electron chi connectivity index (χ1n) is 4.52. The smallest absolute Gasteiger partial charge is 0.445 e. The topological polar surface area (TPSA) is 60.2 Å². The molecule has 9 heteroatoms. The second-order valence-electron chi connectivity index (χ2n) is 3.66. The average molecular weight is 270 g/mol. The highest BCUT2D eigenvalue weighted by atomic mass is 32.3. The van der Waals surface area contributed by atoms with Gasteiger partial charge in [-0.3, -0.25) is 0 Å². The minimum absolute atomic E-state index is 0.183. The average Bonchev–Trinajstić information content (AvgIpc) is 2.06. The predicted molar refractivity (Wildman–Crippen MR) is 58.0 cm³/mol. The fourth-order valence-electron chi connectivity index (χ4n) is 1.45. The van der Waals surface area contributed by atoms with Gasteiger partial charge in [0.05, 0.1) is 0 Å². The largest absolute Gasteiger partial charge is 0.509 e. The van der Waals surface area contributed by atoms with Gasteiger partial charge in [0.25, 0.3) is 0 Å². The van der Waals surface area contributed by atoms with Crippen molar-refractivity contribution in [2.24, 2.45) is 0 Å². The Morgan fingerprint density at radius 3 is 2.24 bits per heavy atom. The van der Waals surface area contributed by atoms with Gasteiger partial charge in [-0.05, 0) is 18.6 Å². The van der Waals surface area contributed by atoms with Gasteiger partial charge in [-0.1, -0.05) is 11.6 Å². The highest BCUT2D eigenvalue weighted by Crippen LogP contribution is 2.20. The lowest BCUT2D eigenvalue weighted by Crippen LogP contribution is -2.37. The summed E-state index contributed by atoms with van der Waals surface area (Å²) in [5.41, 5.74) is 3.63. The van der Waals surface area contributed by atoms with Crippen LogP contribution in [0.2, 0.25) is 0 Å². The summed E-state index contributed by atoms with van der Waals surface area (Å²) in [6.07, 6.45) is 0. The van der Waals surface area contributed by atoms with Gasteiger partial charge in [-0.2, -0.15) is 8.42 Å². The van der Waals surface area contributed by atoms with Gasteiger partial charge < -0.3 is 18.7 Å². The highest BCUT2D eigenvalue weighted by molar-refractivity contribution is 7.85.